The van der Waals surface area contributed by atoms with Crippen LogP contribution in [0.4, 0.5) is 0 Å². The molecule has 0 fully saturated rings. The van der Waals surface area contributed by atoms with Gasteiger partial charge in [0.15, 0.2) is 0 Å². The average molecular weight is 700 g/mol. The molecule has 31 nitrogen and oxygen atoms in total. The van der Waals surface area contributed by atoms with Crippen LogP contribution in [0, 0.1) is 70.8 Å². The van der Waals surface area contributed by atoms with Crippen molar-refractivity contribution in [2.45, 2.75) is 0 Å². The highest BCUT2D eigenvalue weighted by molar-refractivity contribution is 4.63. The Bertz CT molecular complexity index is 831. The van der Waals surface area contributed by atoms with Crippen LogP contribution in [0.5, 0.6) is 0 Å². The van der Waals surface area contributed by atoms with Crippen molar-refractivity contribution in [2.75, 3.05) is 105 Å². The summed E-state index contributed by atoms with van der Waals surface area (Å²) in [6.07, 6.45) is 0. The molecule has 0 spiro atoms. The molecule has 0 aromatic heterocycles. The average Bonchev–Trinajstić information content (AvgIpc) is 2.94. The van der Waals surface area contributed by atoms with Gasteiger partial charge >= 0.3 is 0 Å². The lowest BCUT2D eigenvalue weighted by Crippen LogP contribution is -2.41. The van der Waals surface area contributed by atoms with Crippen molar-refractivity contribution in [3.8, 4) is 0 Å². The summed E-state index contributed by atoms with van der Waals surface area (Å²) in [7, 11) is 0. The number of nitrogens with zero attached hydrogens (tertiary/aromatic N) is 10. The van der Waals surface area contributed by atoms with E-state index in [1.54, 1.807) is 9.80 Å². The van der Waals surface area contributed by atoms with E-state index in [-0.39, 0.29) is 105 Å². The van der Waals surface area contributed by atoms with E-state index in [0.717, 1.165) is 0 Å². The summed E-state index contributed by atoms with van der Waals surface area (Å²) < 4.78 is 0. The quantitative estimate of drug-likeness (QED) is 0.0525. The van der Waals surface area contributed by atoms with Gasteiger partial charge in [0.1, 0.15) is 46.2 Å². The van der Waals surface area contributed by atoms with Crippen molar-refractivity contribution in [1.82, 2.24) is 14.7 Å². The molecular formula is C16H32N10O21. The van der Waals surface area contributed by atoms with Gasteiger partial charge in [-0.3, -0.25) is 14.7 Å². The molecule has 0 saturated carbocycles. The van der Waals surface area contributed by atoms with Gasteiger partial charge < -0.3 is 33.9 Å². The molecule has 0 atom stereocenters. The minimum Gasteiger partial charge on any atom is -0.313 e. The fourth-order valence-corrected chi connectivity index (χ4v) is 3.00. The second-order valence-corrected chi connectivity index (χ2v) is 7.92. The Morgan fingerprint density at radius 2 is 0.404 bits per heavy atom. The molecule has 0 N–H and O–H groups in total. The molecule has 0 aliphatic rings. The summed E-state index contributed by atoms with van der Waals surface area (Å²) in [6, 6.07) is 0. The normalized spacial score (nSPS) is 10.3. The molecule has 0 saturated heterocycles. The second-order valence-electron chi connectivity index (χ2n) is 7.92. The van der Waals surface area contributed by atoms with Crippen LogP contribution < -0.4 is 0 Å². The summed E-state index contributed by atoms with van der Waals surface area (Å²) in [4.78, 5) is 104. The third-order valence-corrected chi connectivity index (χ3v) is 4.96. The molecule has 0 amide bonds. The van der Waals surface area contributed by atoms with Gasteiger partial charge in [0.05, 0.1) is 0 Å². The number of hydrogen-bond donors (Lipinski definition) is 0. The van der Waals surface area contributed by atoms with Crippen LogP contribution in [0.15, 0.2) is 0 Å². The van der Waals surface area contributed by atoms with Crippen LogP contribution in [0.2, 0.25) is 0 Å². The van der Waals surface area contributed by atoms with Crippen LogP contribution in [-0.2, 0) is 33.9 Å². The molecule has 0 heterocycles. The zero-order valence-corrected chi connectivity index (χ0v) is 24.4. The molecule has 272 valence electrons. The molecule has 0 radical (unpaired) electrons. The third-order valence-electron chi connectivity index (χ3n) is 4.96. The van der Waals surface area contributed by atoms with Crippen molar-refractivity contribution in [3.05, 3.63) is 70.8 Å². The predicted molar refractivity (Wildman–Crippen MR) is 140 cm³/mol. The molecule has 0 aliphatic heterocycles. The highest BCUT2D eigenvalue weighted by Gasteiger charge is 2.13. The van der Waals surface area contributed by atoms with Crippen LogP contribution >= 0.6 is 0 Å². The van der Waals surface area contributed by atoms with Gasteiger partial charge in [-0.25, -0.2) is 0 Å². The maximum Gasteiger partial charge on any atom is 0.294 e. The van der Waals surface area contributed by atoms with E-state index in [1.165, 1.54) is 4.90 Å². The Morgan fingerprint density at radius 3 is 0.532 bits per heavy atom. The van der Waals surface area contributed by atoms with Crippen LogP contribution in [0.1, 0.15) is 0 Å². The molecule has 0 aromatic rings. The highest BCUT2D eigenvalue weighted by atomic mass is 17.0. The van der Waals surface area contributed by atoms with Crippen LogP contribution in [0.3, 0.4) is 0 Å². The zero-order valence-electron chi connectivity index (χ0n) is 24.4. The van der Waals surface area contributed by atoms with Crippen LogP contribution in [0.25, 0.3) is 0 Å². The van der Waals surface area contributed by atoms with E-state index in [1.807, 2.05) is 0 Å². The second kappa shape index (κ2) is 27.8. The molecule has 0 unspecified atom stereocenters. The van der Waals surface area contributed by atoms with E-state index in [4.69, 9.17) is 0 Å². The van der Waals surface area contributed by atoms with Crippen molar-refractivity contribution in [1.29, 1.82) is 0 Å². The van der Waals surface area contributed by atoms with Gasteiger partial charge in [-0.2, -0.15) is 0 Å². The minimum atomic E-state index is -0.987. The molecule has 0 rings (SSSR count). The Balaban J connectivity index is 0. The lowest BCUT2D eigenvalue weighted by molar-refractivity contribution is -0.760. The first kappa shape index (κ1) is 43.4. The van der Waals surface area contributed by atoms with E-state index in [2.05, 4.69) is 33.9 Å². The first-order chi connectivity index (χ1) is 22.1. The lowest BCUT2D eigenvalue weighted by Gasteiger charge is -2.26. The third kappa shape index (κ3) is 34.6. The monoisotopic (exact) mass is 700 g/mol. The standard InChI is InChI=1S/C10H20N6O12.C6H12N4O9/c17-13(18)25-7-3-11(4-8-26-14(19)20)1-2-12(5-9-27-15(21)22)6-10-28-16(23)24;11-8(12)17-4-1-7(2-5-18-9(13)14)3-6-19-10(15)16/h1-10H2;1-6H2. The summed E-state index contributed by atoms with van der Waals surface area (Å²) in [5.74, 6) is 0. The molecule has 31 heteroatoms. The van der Waals surface area contributed by atoms with Gasteiger partial charge in [0.2, 0.25) is 0 Å². The topological polar surface area (TPSA) is 376 Å². The van der Waals surface area contributed by atoms with E-state index in [0.29, 0.717) is 0 Å². The van der Waals surface area contributed by atoms with Gasteiger partial charge in [0.25, 0.3) is 35.6 Å². The maximum absolute atomic E-state index is 10.2. The van der Waals surface area contributed by atoms with Gasteiger partial charge in [0, 0.05) is 58.9 Å². The summed E-state index contributed by atoms with van der Waals surface area (Å²) in [5, 5.41) is 63.7. The molecule has 47 heavy (non-hydrogen) atoms. The largest absolute Gasteiger partial charge is 0.313 e. The Hall–Kier alpha value is -5.72. The fraction of sp³-hybridized carbons (Fsp3) is 1.00. The lowest BCUT2D eigenvalue weighted by atomic mass is 10.4. The molecule has 0 bridgehead atoms. The van der Waals surface area contributed by atoms with Crippen LogP contribution in [-0.4, -0.2) is 155 Å². The Labute approximate surface area is 261 Å². The first-order valence-corrected chi connectivity index (χ1v) is 12.7. The number of hydrogen-bond acceptors (Lipinski definition) is 24. The first-order valence-electron chi connectivity index (χ1n) is 12.7. The predicted octanol–water partition coefficient (Wildman–Crippen LogP) is -2.66. The molecule has 0 aliphatic carbocycles. The zero-order chi connectivity index (χ0) is 36.0. The Kier molecular flexibility index (Phi) is 25.7. The fourth-order valence-electron chi connectivity index (χ4n) is 3.00. The van der Waals surface area contributed by atoms with Crippen molar-refractivity contribution >= 4 is 0 Å². The smallest absolute Gasteiger partial charge is 0.294 e. The molecular weight excluding hydrogens is 668 g/mol. The van der Waals surface area contributed by atoms with Gasteiger partial charge in [-0.15, -0.1) is 70.8 Å². The minimum absolute atomic E-state index is 0.0448. The summed E-state index contributed by atoms with van der Waals surface area (Å²) in [6.45, 7) is -1.24. The Morgan fingerprint density at radius 1 is 0.277 bits per heavy atom. The molecule has 0 aromatic carbocycles. The number of rotatable bonds is 31. The summed E-state index contributed by atoms with van der Waals surface area (Å²) in [5.41, 5.74) is 0. The van der Waals surface area contributed by atoms with Gasteiger partial charge in [-0.1, -0.05) is 0 Å². The van der Waals surface area contributed by atoms with E-state index >= 15 is 0 Å². The van der Waals surface area contributed by atoms with Crippen molar-refractivity contribution in [2.24, 2.45) is 0 Å². The van der Waals surface area contributed by atoms with Crippen molar-refractivity contribution in [3.63, 3.8) is 0 Å². The van der Waals surface area contributed by atoms with E-state index in [9.17, 15) is 70.8 Å². The summed E-state index contributed by atoms with van der Waals surface area (Å²) >= 11 is 0. The van der Waals surface area contributed by atoms with Crippen molar-refractivity contribution < 1.29 is 69.5 Å². The highest BCUT2D eigenvalue weighted by Crippen LogP contribution is 1.97. The maximum atomic E-state index is 10.2. The van der Waals surface area contributed by atoms with E-state index < -0.39 is 35.6 Å². The van der Waals surface area contributed by atoms with Gasteiger partial charge in [-0.05, 0) is 0 Å². The SMILES string of the molecule is O=[N+]([O-])OCCN(CCO[N+](=O)[O-])CCN(CCO[N+](=O)[O-])CCO[N+](=O)[O-].O=[N+]([O-])OCCN(CCO[N+](=O)[O-])CCO[N+](=O)[O-].